The molecule has 5 nitrogen and oxygen atoms in total. The van der Waals surface area contributed by atoms with Crippen LogP contribution in [0.4, 0.5) is 0 Å². The van der Waals surface area contributed by atoms with Crippen LogP contribution in [0.3, 0.4) is 0 Å². The predicted molar refractivity (Wildman–Crippen MR) is 84.2 cm³/mol. The second-order valence-corrected chi connectivity index (χ2v) is 6.14. The minimum absolute atomic E-state index is 0.0700. The molecule has 116 valence electrons. The number of carbonyl (C=O) groups excluding carboxylic acids is 1. The lowest BCUT2D eigenvalue weighted by Crippen LogP contribution is -2.33. The first-order valence-corrected chi connectivity index (χ1v) is 7.86. The summed E-state index contributed by atoms with van der Waals surface area (Å²) in [5, 5.41) is 3.08. The molecule has 2 heterocycles. The summed E-state index contributed by atoms with van der Waals surface area (Å²) in [5.41, 5.74) is 1.17. The minimum atomic E-state index is 0.0700. The average Bonchev–Trinajstić information content (AvgIpc) is 3.15. The Kier molecular flexibility index (Phi) is 4.22. The predicted octanol–water partition coefficient (Wildman–Crippen LogP) is 1.98. The van der Waals surface area contributed by atoms with Gasteiger partial charge in [0.15, 0.2) is 0 Å². The number of hydrogen-bond donors (Lipinski definition) is 1. The summed E-state index contributed by atoms with van der Waals surface area (Å²) in [6, 6.07) is 3.79. The lowest BCUT2D eigenvalue weighted by atomic mass is 10.1. The van der Waals surface area contributed by atoms with Gasteiger partial charge in [0.1, 0.15) is 5.82 Å². The molecule has 22 heavy (non-hydrogen) atoms. The van der Waals surface area contributed by atoms with Crippen LogP contribution in [0.15, 0.2) is 36.9 Å². The van der Waals surface area contributed by atoms with Crippen molar-refractivity contribution >= 4 is 5.91 Å². The normalized spacial score (nSPS) is 15.5. The second-order valence-electron chi connectivity index (χ2n) is 6.14. The molecule has 0 bridgehead atoms. The van der Waals surface area contributed by atoms with Crippen molar-refractivity contribution in [2.45, 2.75) is 39.2 Å². The summed E-state index contributed by atoms with van der Waals surface area (Å²) >= 11 is 0. The maximum absolute atomic E-state index is 12.1. The summed E-state index contributed by atoms with van der Waals surface area (Å²) in [5.74, 6) is 1.19. The van der Waals surface area contributed by atoms with E-state index in [1.54, 1.807) is 12.4 Å². The van der Waals surface area contributed by atoms with Crippen molar-refractivity contribution in [3.8, 4) is 0 Å². The molecule has 0 unspecified atom stereocenters. The molecule has 0 aliphatic heterocycles. The molecule has 0 radical (unpaired) electrons. The molecule has 1 saturated carbocycles. The highest BCUT2D eigenvalue weighted by atomic mass is 16.1. The number of imidazole rings is 1. The van der Waals surface area contributed by atoms with Crippen molar-refractivity contribution in [3.63, 3.8) is 0 Å². The van der Waals surface area contributed by atoms with Crippen LogP contribution in [0.1, 0.15) is 31.2 Å². The van der Waals surface area contributed by atoms with Crippen LogP contribution in [-0.4, -0.2) is 27.0 Å². The van der Waals surface area contributed by atoms with E-state index in [9.17, 15) is 4.79 Å². The number of rotatable bonds is 7. The largest absolute Gasteiger partial charge is 0.355 e. The fourth-order valence-electron chi connectivity index (χ4n) is 2.76. The number of aromatic nitrogens is 3. The van der Waals surface area contributed by atoms with Crippen molar-refractivity contribution in [1.82, 2.24) is 19.9 Å². The van der Waals surface area contributed by atoms with E-state index in [1.165, 1.54) is 12.8 Å². The third kappa shape index (κ3) is 3.53. The van der Waals surface area contributed by atoms with Gasteiger partial charge in [0.25, 0.3) is 0 Å². The van der Waals surface area contributed by atoms with Gasteiger partial charge < -0.3 is 9.88 Å². The van der Waals surface area contributed by atoms with Gasteiger partial charge in [0.2, 0.25) is 5.91 Å². The Hall–Kier alpha value is -2.17. The van der Waals surface area contributed by atoms with E-state index < -0.39 is 0 Å². The molecule has 3 rings (SSSR count). The monoisotopic (exact) mass is 298 g/mol. The van der Waals surface area contributed by atoms with Crippen molar-refractivity contribution in [3.05, 3.63) is 48.3 Å². The van der Waals surface area contributed by atoms with E-state index in [2.05, 4.69) is 26.8 Å². The van der Waals surface area contributed by atoms with Crippen LogP contribution >= 0.6 is 0 Å². The Morgan fingerprint density at radius 3 is 2.95 bits per heavy atom. The lowest BCUT2D eigenvalue weighted by Gasteiger charge is -2.18. The molecule has 1 amide bonds. The fourth-order valence-corrected chi connectivity index (χ4v) is 2.76. The number of pyridine rings is 1. The summed E-state index contributed by atoms with van der Waals surface area (Å²) < 4.78 is 2.22. The highest BCUT2D eigenvalue weighted by molar-refractivity contribution is 5.78. The van der Waals surface area contributed by atoms with Gasteiger partial charge in [-0.15, -0.1) is 0 Å². The van der Waals surface area contributed by atoms with Gasteiger partial charge in [-0.3, -0.25) is 9.78 Å². The molecule has 1 N–H and O–H groups in total. The SMILES string of the molecule is CCc1nccn1CC1(CNC(=O)Cc2cccnc2)CC1. The van der Waals surface area contributed by atoms with Crippen molar-refractivity contribution in [2.75, 3.05) is 6.54 Å². The topological polar surface area (TPSA) is 59.8 Å². The first kappa shape index (κ1) is 14.8. The summed E-state index contributed by atoms with van der Waals surface area (Å²) in [6.07, 6.45) is 11.0. The van der Waals surface area contributed by atoms with Crippen LogP contribution in [0, 0.1) is 5.41 Å². The fraction of sp³-hybridized carbons (Fsp3) is 0.471. The highest BCUT2D eigenvalue weighted by Gasteiger charge is 2.43. The molecule has 5 heteroatoms. The standard InChI is InChI=1S/C17H22N4O/c1-2-15-19-8-9-21(15)13-17(5-6-17)12-20-16(22)10-14-4-3-7-18-11-14/h3-4,7-9,11H,2,5-6,10,12-13H2,1H3,(H,20,22). The minimum Gasteiger partial charge on any atom is -0.355 e. The second kappa shape index (κ2) is 6.30. The highest BCUT2D eigenvalue weighted by Crippen LogP contribution is 2.46. The zero-order chi connectivity index (χ0) is 15.4. The molecule has 1 aliphatic carbocycles. The van der Waals surface area contributed by atoms with Gasteiger partial charge in [-0.25, -0.2) is 4.98 Å². The molecule has 2 aromatic rings. The zero-order valence-electron chi connectivity index (χ0n) is 13.0. The number of carbonyl (C=O) groups is 1. The molecular weight excluding hydrogens is 276 g/mol. The Balaban J connectivity index is 1.51. The van der Waals surface area contributed by atoms with Gasteiger partial charge in [0.05, 0.1) is 6.42 Å². The smallest absolute Gasteiger partial charge is 0.224 e. The summed E-state index contributed by atoms with van der Waals surface area (Å²) in [7, 11) is 0. The van der Waals surface area contributed by atoms with E-state index in [4.69, 9.17) is 0 Å². The number of aryl methyl sites for hydroxylation is 1. The maximum Gasteiger partial charge on any atom is 0.224 e. The van der Waals surface area contributed by atoms with Gasteiger partial charge in [-0.2, -0.15) is 0 Å². The van der Waals surface area contributed by atoms with Gasteiger partial charge >= 0.3 is 0 Å². The number of amides is 1. The number of nitrogens with zero attached hydrogens (tertiary/aromatic N) is 3. The van der Waals surface area contributed by atoms with Crippen LogP contribution in [0.25, 0.3) is 0 Å². The van der Waals surface area contributed by atoms with Gasteiger partial charge in [-0.05, 0) is 24.5 Å². The van der Waals surface area contributed by atoms with Crippen LogP contribution in [0.2, 0.25) is 0 Å². The first-order valence-electron chi connectivity index (χ1n) is 7.86. The van der Waals surface area contributed by atoms with E-state index >= 15 is 0 Å². The first-order chi connectivity index (χ1) is 10.7. The number of nitrogens with one attached hydrogen (secondary N) is 1. The lowest BCUT2D eigenvalue weighted by molar-refractivity contribution is -0.120. The van der Waals surface area contributed by atoms with Gasteiger partial charge in [0, 0.05) is 49.7 Å². The molecule has 0 saturated heterocycles. The van der Waals surface area contributed by atoms with E-state index in [-0.39, 0.29) is 11.3 Å². The molecule has 2 aromatic heterocycles. The van der Waals surface area contributed by atoms with Crippen molar-refractivity contribution in [2.24, 2.45) is 5.41 Å². The quantitative estimate of drug-likeness (QED) is 0.850. The van der Waals surface area contributed by atoms with Crippen LogP contribution in [-0.2, 0) is 24.2 Å². The average molecular weight is 298 g/mol. The molecular formula is C17H22N4O. The van der Waals surface area contributed by atoms with Crippen molar-refractivity contribution < 1.29 is 4.79 Å². The Morgan fingerprint density at radius 1 is 1.41 bits per heavy atom. The molecule has 1 fully saturated rings. The molecule has 0 spiro atoms. The molecule has 0 atom stereocenters. The van der Waals surface area contributed by atoms with Crippen molar-refractivity contribution in [1.29, 1.82) is 0 Å². The number of hydrogen-bond acceptors (Lipinski definition) is 3. The summed E-state index contributed by atoms with van der Waals surface area (Å²) in [4.78, 5) is 20.5. The zero-order valence-corrected chi connectivity index (χ0v) is 13.0. The van der Waals surface area contributed by atoms with E-state index in [1.807, 2.05) is 24.5 Å². The van der Waals surface area contributed by atoms with E-state index in [0.717, 1.165) is 30.9 Å². The maximum atomic E-state index is 12.1. The van der Waals surface area contributed by atoms with E-state index in [0.29, 0.717) is 6.42 Å². The van der Waals surface area contributed by atoms with Crippen LogP contribution < -0.4 is 5.32 Å². The summed E-state index contributed by atoms with van der Waals surface area (Å²) in [6.45, 7) is 3.81. The molecule has 0 aromatic carbocycles. The molecule has 1 aliphatic rings. The third-order valence-electron chi connectivity index (χ3n) is 4.33. The third-order valence-corrected chi connectivity index (χ3v) is 4.33. The van der Waals surface area contributed by atoms with Gasteiger partial charge in [-0.1, -0.05) is 13.0 Å². The van der Waals surface area contributed by atoms with Crippen LogP contribution in [0.5, 0.6) is 0 Å². The Bertz CT molecular complexity index is 631. The Morgan fingerprint density at radius 2 is 2.27 bits per heavy atom. The Labute approximate surface area is 130 Å².